The van der Waals surface area contributed by atoms with Gasteiger partial charge in [-0.3, -0.25) is 9.79 Å². The van der Waals surface area contributed by atoms with Gasteiger partial charge in [-0.1, -0.05) is 29.8 Å². The van der Waals surface area contributed by atoms with E-state index in [4.69, 9.17) is 11.6 Å². The van der Waals surface area contributed by atoms with Gasteiger partial charge in [-0.25, -0.2) is 9.78 Å². The van der Waals surface area contributed by atoms with Crippen LogP contribution in [0.15, 0.2) is 35.3 Å². The van der Waals surface area contributed by atoms with E-state index in [0.717, 1.165) is 16.9 Å². The zero-order valence-corrected chi connectivity index (χ0v) is 14.8. The quantitative estimate of drug-likeness (QED) is 0.855. The van der Waals surface area contributed by atoms with Crippen LogP contribution in [0.4, 0.5) is 0 Å². The smallest absolute Gasteiger partial charge is 0.348 e. The predicted molar refractivity (Wildman–Crippen MR) is 98.2 cm³/mol. The molecule has 0 radical (unpaired) electrons. The summed E-state index contributed by atoms with van der Waals surface area (Å²) in [5.74, 6) is -1.25. The highest BCUT2D eigenvalue weighted by Crippen LogP contribution is 2.36. The monoisotopic (exact) mass is 375 g/mol. The van der Waals surface area contributed by atoms with Gasteiger partial charge in [-0.2, -0.15) is 0 Å². The van der Waals surface area contributed by atoms with Crippen molar-refractivity contribution in [2.75, 3.05) is 0 Å². The first kappa shape index (κ1) is 17.3. The molecule has 2 N–H and O–H groups in total. The second kappa shape index (κ2) is 7.16. The van der Waals surface area contributed by atoms with Crippen molar-refractivity contribution in [1.29, 1.82) is 0 Å². The summed E-state index contributed by atoms with van der Waals surface area (Å²) in [6.45, 7) is 1.42. The minimum Gasteiger partial charge on any atom is -0.477 e. The van der Waals surface area contributed by atoms with Crippen LogP contribution in [-0.4, -0.2) is 34.3 Å². The predicted octanol–water partition coefficient (Wildman–Crippen LogP) is 3.48. The first-order valence-electron chi connectivity index (χ1n) is 7.44. The van der Waals surface area contributed by atoms with E-state index in [9.17, 15) is 14.7 Å². The van der Waals surface area contributed by atoms with E-state index in [-0.39, 0.29) is 10.8 Å². The van der Waals surface area contributed by atoms with Crippen LogP contribution < -0.4 is 5.32 Å². The van der Waals surface area contributed by atoms with Crippen LogP contribution in [0.2, 0.25) is 5.02 Å². The maximum absolute atomic E-state index is 11.6. The Morgan fingerprint density at radius 2 is 2.12 bits per heavy atom. The van der Waals surface area contributed by atoms with Gasteiger partial charge in [0, 0.05) is 25.1 Å². The molecular weight excluding hydrogens is 362 g/mol. The summed E-state index contributed by atoms with van der Waals surface area (Å²) in [7, 11) is 0. The van der Waals surface area contributed by atoms with Gasteiger partial charge >= 0.3 is 5.97 Å². The number of carboxylic acids is 1. The van der Waals surface area contributed by atoms with E-state index in [1.807, 2.05) is 0 Å². The van der Waals surface area contributed by atoms with Crippen LogP contribution in [0, 0.1) is 0 Å². The number of thiazole rings is 1. The van der Waals surface area contributed by atoms with Gasteiger partial charge < -0.3 is 10.4 Å². The van der Waals surface area contributed by atoms with E-state index in [0.29, 0.717) is 27.7 Å². The number of dihydropyridines is 1. The average Bonchev–Trinajstić information content (AvgIpc) is 3.00. The third-order valence-corrected chi connectivity index (χ3v) is 4.96. The van der Waals surface area contributed by atoms with Crippen LogP contribution >= 0.6 is 22.9 Å². The normalized spacial score (nSPS) is 16.4. The number of rotatable bonds is 4. The molecule has 0 saturated carbocycles. The minimum absolute atomic E-state index is 0.127. The number of hydrogen-bond donors (Lipinski definition) is 2. The number of allylic oxidation sites excluding steroid dienone is 1. The molecule has 1 unspecified atom stereocenters. The largest absolute Gasteiger partial charge is 0.477 e. The molecule has 0 saturated heterocycles. The molecule has 128 valence electrons. The third-order valence-electron chi connectivity index (χ3n) is 3.51. The molecule has 0 fully saturated rings. The van der Waals surface area contributed by atoms with Gasteiger partial charge in [-0.05, 0) is 17.7 Å². The summed E-state index contributed by atoms with van der Waals surface area (Å²) in [5.41, 5.74) is 1.74. The molecule has 1 amide bonds. The van der Waals surface area contributed by atoms with Crippen molar-refractivity contribution in [3.05, 3.63) is 45.2 Å². The lowest BCUT2D eigenvalue weighted by Gasteiger charge is -2.14. The second-order valence-corrected chi connectivity index (χ2v) is 6.76. The zero-order chi connectivity index (χ0) is 18.0. The number of nitrogens with zero attached hydrogens (tertiary/aromatic N) is 2. The highest BCUT2D eigenvalue weighted by molar-refractivity contribution is 7.15. The summed E-state index contributed by atoms with van der Waals surface area (Å²) >= 11 is 7.29. The van der Waals surface area contributed by atoms with Gasteiger partial charge in [0.25, 0.3) is 0 Å². The zero-order valence-electron chi connectivity index (χ0n) is 13.2. The molecule has 8 heteroatoms. The molecule has 6 nitrogen and oxygen atoms in total. The van der Waals surface area contributed by atoms with Gasteiger partial charge in [0.2, 0.25) is 5.91 Å². The van der Waals surface area contributed by atoms with E-state index in [1.54, 1.807) is 36.6 Å². The number of amides is 1. The number of aliphatic imine (C=N–C) groups is 1. The summed E-state index contributed by atoms with van der Waals surface area (Å²) in [4.78, 5) is 31.7. The Morgan fingerprint density at radius 1 is 1.36 bits per heavy atom. The molecule has 1 aromatic heterocycles. The molecule has 1 aromatic carbocycles. The first-order valence-corrected chi connectivity index (χ1v) is 8.64. The summed E-state index contributed by atoms with van der Waals surface area (Å²) < 4.78 is 0. The highest BCUT2D eigenvalue weighted by atomic mass is 35.5. The maximum Gasteiger partial charge on any atom is 0.348 e. The van der Waals surface area contributed by atoms with Gasteiger partial charge in [0.15, 0.2) is 0 Å². The van der Waals surface area contributed by atoms with Gasteiger partial charge in [0.05, 0.1) is 10.7 Å². The lowest BCUT2D eigenvalue weighted by molar-refractivity contribution is -0.119. The molecule has 2 aromatic rings. The van der Waals surface area contributed by atoms with Crippen LogP contribution in [0.25, 0.3) is 16.8 Å². The molecule has 0 spiro atoms. The Balaban J connectivity index is 2.03. The number of nitrogens with one attached hydrogen (secondary N) is 1. The van der Waals surface area contributed by atoms with Crippen molar-refractivity contribution in [1.82, 2.24) is 10.3 Å². The molecule has 1 atom stereocenters. The molecule has 1 aliphatic rings. The molecule has 3 rings (SSSR count). The molecule has 0 aliphatic carbocycles. The average molecular weight is 376 g/mol. The number of carbonyl (C=O) groups excluding carboxylic acids is 1. The molecule has 0 bridgehead atoms. The molecule has 25 heavy (non-hydrogen) atoms. The van der Waals surface area contributed by atoms with E-state index < -0.39 is 12.1 Å². The number of aromatic carboxylic acids is 1. The van der Waals surface area contributed by atoms with E-state index >= 15 is 0 Å². The second-order valence-electron chi connectivity index (χ2n) is 5.35. The van der Waals surface area contributed by atoms with Gasteiger partial charge in [-0.15, -0.1) is 11.3 Å². The van der Waals surface area contributed by atoms with Crippen molar-refractivity contribution in [2.45, 2.75) is 19.5 Å². The number of hydrogen-bond acceptors (Lipinski definition) is 5. The first-order chi connectivity index (χ1) is 12.0. The third kappa shape index (κ3) is 3.78. The SMILES string of the molecule is CC(=O)NC1C=C(c2nc(-c3ccccc3Cl)c(C(=O)O)s2)CC=N1. The Bertz CT molecular complexity index is 904. The Hall–Kier alpha value is -2.51. The van der Waals surface area contributed by atoms with Crippen molar-refractivity contribution < 1.29 is 14.7 Å². The number of carboxylic acid groups (broad SMARTS) is 1. The molecule has 1 aliphatic heterocycles. The summed E-state index contributed by atoms with van der Waals surface area (Å²) in [6.07, 6.45) is 3.52. The number of benzene rings is 1. The van der Waals surface area contributed by atoms with Crippen molar-refractivity contribution in [2.24, 2.45) is 4.99 Å². The van der Waals surface area contributed by atoms with Crippen LogP contribution in [0.1, 0.15) is 28.0 Å². The van der Waals surface area contributed by atoms with Crippen LogP contribution in [-0.2, 0) is 4.79 Å². The topological polar surface area (TPSA) is 91.7 Å². The number of carbonyl (C=O) groups is 2. The molecule has 2 heterocycles. The van der Waals surface area contributed by atoms with Gasteiger partial charge in [0.1, 0.15) is 16.1 Å². The van der Waals surface area contributed by atoms with Crippen LogP contribution in [0.3, 0.4) is 0 Å². The molecular formula is C17H14ClN3O3S. The maximum atomic E-state index is 11.6. The fourth-order valence-electron chi connectivity index (χ4n) is 2.45. The van der Waals surface area contributed by atoms with E-state index in [2.05, 4.69) is 15.3 Å². The number of halogens is 1. The summed E-state index contributed by atoms with van der Waals surface area (Å²) in [5, 5.41) is 13.2. The van der Waals surface area contributed by atoms with Crippen molar-refractivity contribution >= 4 is 46.6 Å². The Labute approximate surface area is 152 Å². The van der Waals surface area contributed by atoms with Crippen molar-refractivity contribution in [3.63, 3.8) is 0 Å². The van der Waals surface area contributed by atoms with Crippen LogP contribution in [0.5, 0.6) is 0 Å². The fourth-order valence-corrected chi connectivity index (χ4v) is 3.63. The number of aromatic nitrogens is 1. The lowest BCUT2D eigenvalue weighted by Crippen LogP contribution is -2.31. The fraction of sp³-hybridized carbons (Fsp3) is 0.176. The highest BCUT2D eigenvalue weighted by Gasteiger charge is 2.23. The minimum atomic E-state index is -1.05. The standard InChI is InChI=1S/C17H14ClN3O3S/c1-9(22)20-13-8-10(6-7-19-13)16-21-14(15(25-16)17(23)24)11-4-2-3-5-12(11)18/h2-5,7-8,13H,6H2,1H3,(H,20,22)(H,23,24). The summed E-state index contributed by atoms with van der Waals surface area (Å²) in [6, 6.07) is 6.99. The lowest BCUT2D eigenvalue weighted by atomic mass is 10.1. The Morgan fingerprint density at radius 3 is 2.80 bits per heavy atom. The van der Waals surface area contributed by atoms with Crippen molar-refractivity contribution in [3.8, 4) is 11.3 Å². The Kier molecular flexibility index (Phi) is 4.96. The van der Waals surface area contributed by atoms with E-state index in [1.165, 1.54) is 6.92 Å².